The zero-order valence-corrected chi connectivity index (χ0v) is 13.1. The molecule has 1 aliphatic heterocycles. The summed E-state index contributed by atoms with van der Waals surface area (Å²) in [5.74, 6) is 0.978. The van der Waals surface area contributed by atoms with Gasteiger partial charge in [-0.3, -0.25) is 9.88 Å². The van der Waals surface area contributed by atoms with Crippen molar-refractivity contribution in [2.75, 3.05) is 31.1 Å². The first kappa shape index (κ1) is 14.1. The second-order valence-electron chi connectivity index (χ2n) is 5.81. The molecule has 0 spiro atoms. The summed E-state index contributed by atoms with van der Waals surface area (Å²) >= 11 is 0. The molecule has 0 N–H and O–H groups in total. The van der Waals surface area contributed by atoms with Crippen LogP contribution >= 0.6 is 0 Å². The van der Waals surface area contributed by atoms with E-state index in [0.717, 1.165) is 37.6 Å². The van der Waals surface area contributed by atoms with Crippen LogP contribution in [0.5, 0.6) is 0 Å². The molecule has 0 aliphatic carbocycles. The summed E-state index contributed by atoms with van der Waals surface area (Å²) in [6.45, 7) is 6.19. The van der Waals surface area contributed by atoms with Gasteiger partial charge in [0.05, 0.1) is 0 Å². The Morgan fingerprint density at radius 2 is 1.96 bits per heavy atom. The highest BCUT2D eigenvalue weighted by Gasteiger charge is 2.23. The molecule has 0 aromatic carbocycles. The normalized spacial score (nSPS) is 17.5. The maximum absolute atomic E-state index is 4.58. The number of fused-ring (bicyclic) bond motifs is 1. The molecule has 7 heteroatoms. The first-order valence-corrected chi connectivity index (χ1v) is 7.87. The van der Waals surface area contributed by atoms with E-state index in [4.69, 9.17) is 0 Å². The van der Waals surface area contributed by atoms with Crippen molar-refractivity contribution in [3.63, 3.8) is 0 Å². The van der Waals surface area contributed by atoms with Crippen LogP contribution in [0.15, 0.2) is 43.0 Å². The van der Waals surface area contributed by atoms with Crippen LogP contribution in [-0.4, -0.2) is 55.9 Å². The van der Waals surface area contributed by atoms with E-state index in [2.05, 4.69) is 43.1 Å². The minimum atomic E-state index is 0.388. The minimum Gasteiger partial charge on any atom is -0.353 e. The Morgan fingerprint density at radius 1 is 1.09 bits per heavy atom. The van der Waals surface area contributed by atoms with Crippen molar-refractivity contribution in [2.45, 2.75) is 13.0 Å². The summed E-state index contributed by atoms with van der Waals surface area (Å²) in [6, 6.07) is 8.51. The molecule has 3 aromatic rings. The monoisotopic (exact) mass is 309 g/mol. The molecule has 23 heavy (non-hydrogen) atoms. The molecular formula is C16H19N7. The number of piperazine rings is 1. The van der Waals surface area contributed by atoms with E-state index >= 15 is 0 Å². The van der Waals surface area contributed by atoms with Gasteiger partial charge in [0.2, 0.25) is 0 Å². The maximum atomic E-state index is 4.58. The molecule has 0 radical (unpaired) electrons. The first-order valence-electron chi connectivity index (χ1n) is 7.87. The minimum absolute atomic E-state index is 0.388. The average molecular weight is 309 g/mol. The van der Waals surface area contributed by atoms with Crippen LogP contribution in [0.25, 0.3) is 5.65 Å². The summed E-state index contributed by atoms with van der Waals surface area (Å²) in [5, 5.41) is 12.4. The lowest BCUT2D eigenvalue weighted by Crippen LogP contribution is -2.47. The molecule has 1 fully saturated rings. The van der Waals surface area contributed by atoms with E-state index in [1.807, 2.05) is 30.6 Å². The first-order chi connectivity index (χ1) is 11.3. The lowest BCUT2D eigenvalue weighted by Gasteiger charge is -2.38. The van der Waals surface area contributed by atoms with Crippen LogP contribution < -0.4 is 4.90 Å². The summed E-state index contributed by atoms with van der Waals surface area (Å²) in [6.07, 6.45) is 5.42. The zero-order chi connectivity index (χ0) is 15.6. The molecule has 0 bridgehead atoms. The Bertz CT molecular complexity index is 777. The standard InChI is InChI=1S/C16H19N7/c1-13(14-3-2-6-17-11-14)21-7-9-22(10-8-21)16-5-4-15-19-18-12-23(15)20-16/h2-6,11-13H,7-10H2,1H3/t13-/m0/s1. The largest absolute Gasteiger partial charge is 0.353 e. The van der Waals surface area contributed by atoms with Gasteiger partial charge in [0, 0.05) is 44.6 Å². The molecule has 0 amide bonds. The quantitative estimate of drug-likeness (QED) is 0.729. The third kappa shape index (κ3) is 2.75. The van der Waals surface area contributed by atoms with Crippen molar-refractivity contribution in [3.05, 3.63) is 48.5 Å². The van der Waals surface area contributed by atoms with Crippen molar-refractivity contribution >= 4 is 11.5 Å². The summed E-state index contributed by atoms with van der Waals surface area (Å²) in [7, 11) is 0. The number of aromatic nitrogens is 5. The maximum Gasteiger partial charge on any atom is 0.177 e. The molecular weight excluding hydrogens is 290 g/mol. The van der Waals surface area contributed by atoms with E-state index in [0.29, 0.717) is 6.04 Å². The van der Waals surface area contributed by atoms with Gasteiger partial charge in [0.15, 0.2) is 5.65 Å². The van der Waals surface area contributed by atoms with Crippen molar-refractivity contribution in [1.82, 2.24) is 29.7 Å². The predicted molar refractivity (Wildman–Crippen MR) is 87.2 cm³/mol. The van der Waals surface area contributed by atoms with Gasteiger partial charge in [0.25, 0.3) is 0 Å². The molecule has 0 saturated carbocycles. The third-order valence-corrected chi connectivity index (χ3v) is 4.50. The van der Waals surface area contributed by atoms with E-state index in [1.165, 1.54) is 5.56 Å². The highest BCUT2D eigenvalue weighted by atomic mass is 15.4. The number of hydrogen-bond donors (Lipinski definition) is 0. The van der Waals surface area contributed by atoms with Crippen LogP contribution in [0.1, 0.15) is 18.5 Å². The fourth-order valence-corrected chi connectivity index (χ4v) is 3.06. The molecule has 1 saturated heterocycles. The SMILES string of the molecule is C[C@@H](c1cccnc1)N1CCN(c2ccc3nncn3n2)CC1. The van der Waals surface area contributed by atoms with Gasteiger partial charge in [-0.1, -0.05) is 6.07 Å². The van der Waals surface area contributed by atoms with Gasteiger partial charge < -0.3 is 4.90 Å². The lowest BCUT2D eigenvalue weighted by atomic mass is 10.1. The number of nitrogens with zero attached hydrogens (tertiary/aromatic N) is 7. The predicted octanol–water partition coefficient (Wildman–Crippen LogP) is 1.40. The molecule has 7 nitrogen and oxygen atoms in total. The Labute approximate surface area is 134 Å². The van der Waals surface area contributed by atoms with E-state index in [9.17, 15) is 0 Å². The molecule has 3 aromatic heterocycles. The second kappa shape index (κ2) is 5.92. The molecule has 4 rings (SSSR count). The van der Waals surface area contributed by atoms with Crippen molar-refractivity contribution in [1.29, 1.82) is 0 Å². The molecule has 4 heterocycles. The number of hydrogen-bond acceptors (Lipinski definition) is 6. The summed E-state index contributed by atoms with van der Waals surface area (Å²) in [5.41, 5.74) is 2.04. The van der Waals surface area contributed by atoms with Crippen molar-refractivity contribution in [3.8, 4) is 0 Å². The van der Waals surface area contributed by atoms with Crippen LogP contribution in [0.3, 0.4) is 0 Å². The fraction of sp³-hybridized carbons (Fsp3) is 0.375. The van der Waals surface area contributed by atoms with Crippen LogP contribution in [-0.2, 0) is 0 Å². The Balaban J connectivity index is 1.44. The van der Waals surface area contributed by atoms with Crippen LogP contribution in [0.2, 0.25) is 0 Å². The highest BCUT2D eigenvalue weighted by molar-refractivity contribution is 5.45. The topological polar surface area (TPSA) is 62.5 Å². The number of pyridine rings is 1. The van der Waals surface area contributed by atoms with Gasteiger partial charge in [-0.25, -0.2) is 0 Å². The zero-order valence-electron chi connectivity index (χ0n) is 13.1. The smallest absolute Gasteiger partial charge is 0.177 e. The molecule has 1 aliphatic rings. The van der Waals surface area contributed by atoms with Crippen molar-refractivity contribution in [2.24, 2.45) is 0 Å². The molecule has 118 valence electrons. The lowest BCUT2D eigenvalue weighted by molar-refractivity contribution is 0.198. The number of rotatable bonds is 3. The Kier molecular flexibility index (Phi) is 3.63. The third-order valence-electron chi connectivity index (χ3n) is 4.50. The highest BCUT2D eigenvalue weighted by Crippen LogP contribution is 2.22. The molecule has 1 atom stereocenters. The van der Waals surface area contributed by atoms with Gasteiger partial charge in [-0.15, -0.1) is 15.3 Å². The van der Waals surface area contributed by atoms with E-state index in [1.54, 1.807) is 10.8 Å². The Morgan fingerprint density at radius 3 is 2.74 bits per heavy atom. The van der Waals surface area contributed by atoms with Crippen LogP contribution in [0, 0.1) is 0 Å². The molecule has 0 unspecified atom stereocenters. The van der Waals surface area contributed by atoms with E-state index < -0.39 is 0 Å². The summed E-state index contributed by atoms with van der Waals surface area (Å²) in [4.78, 5) is 9.03. The van der Waals surface area contributed by atoms with E-state index in [-0.39, 0.29) is 0 Å². The van der Waals surface area contributed by atoms with Gasteiger partial charge in [0.1, 0.15) is 12.1 Å². The number of anilines is 1. The second-order valence-corrected chi connectivity index (χ2v) is 5.81. The van der Waals surface area contributed by atoms with Gasteiger partial charge >= 0.3 is 0 Å². The average Bonchev–Trinajstić information content (AvgIpc) is 3.10. The van der Waals surface area contributed by atoms with Gasteiger partial charge in [-0.2, -0.15) is 4.52 Å². The Hall–Kier alpha value is -2.54. The fourth-order valence-electron chi connectivity index (χ4n) is 3.06. The van der Waals surface area contributed by atoms with Gasteiger partial charge in [-0.05, 0) is 30.7 Å². The van der Waals surface area contributed by atoms with Crippen LogP contribution in [0.4, 0.5) is 5.82 Å². The van der Waals surface area contributed by atoms with Crippen molar-refractivity contribution < 1.29 is 0 Å². The summed E-state index contributed by atoms with van der Waals surface area (Å²) < 4.78 is 1.72.